The summed E-state index contributed by atoms with van der Waals surface area (Å²) >= 11 is 5.70. The second kappa shape index (κ2) is 5.59. The van der Waals surface area contributed by atoms with Gasteiger partial charge in [0.15, 0.2) is 0 Å². The van der Waals surface area contributed by atoms with E-state index >= 15 is 0 Å². The monoisotopic (exact) mass is 217 g/mol. The Morgan fingerprint density at radius 2 is 2.14 bits per heavy atom. The molecule has 0 saturated heterocycles. The number of hydrogen-bond donors (Lipinski definition) is 1. The van der Waals surface area contributed by atoms with E-state index in [2.05, 4.69) is 19.2 Å². The fourth-order valence-electron chi connectivity index (χ4n) is 1.66. The van der Waals surface area contributed by atoms with Crippen LogP contribution < -0.4 is 5.32 Å². The Kier molecular flexibility index (Phi) is 4.73. The summed E-state index contributed by atoms with van der Waals surface area (Å²) in [5, 5.41) is 3.10. The van der Waals surface area contributed by atoms with Gasteiger partial charge in [0.1, 0.15) is 0 Å². The van der Waals surface area contributed by atoms with E-state index in [1.807, 2.05) is 0 Å². The minimum absolute atomic E-state index is 0.236. The Bertz CT molecular complexity index is 190. The molecule has 0 aromatic heterocycles. The predicted octanol–water partition coefficient (Wildman–Crippen LogP) is 2.56. The molecule has 1 aliphatic carbocycles. The molecule has 14 heavy (non-hydrogen) atoms. The lowest BCUT2D eigenvalue weighted by atomic mass is 9.84. The van der Waals surface area contributed by atoms with Crippen LogP contribution in [0.15, 0.2) is 0 Å². The Morgan fingerprint density at radius 1 is 1.50 bits per heavy atom. The molecule has 1 saturated carbocycles. The minimum atomic E-state index is 0.236. The van der Waals surface area contributed by atoms with Crippen LogP contribution in [0.3, 0.4) is 0 Å². The number of halogens is 1. The number of amides is 1. The van der Waals surface area contributed by atoms with Crippen LogP contribution in [0.4, 0.5) is 0 Å². The number of hydrogen-bond acceptors (Lipinski definition) is 1. The van der Waals surface area contributed by atoms with E-state index in [1.165, 1.54) is 6.42 Å². The van der Waals surface area contributed by atoms with E-state index in [0.29, 0.717) is 11.8 Å². The topological polar surface area (TPSA) is 29.1 Å². The van der Waals surface area contributed by atoms with Crippen molar-refractivity contribution in [2.45, 2.75) is 45.6 Å². The van der Waals surface area contributed by atoms with Crippen LogP contribution >= 0.6 is 11.6 Å². The molecule has 0 heterocycles. The Hall–Kier alpha value is -0.240. The Labute approximate surface area is 91.4 Å². The lowest BCUT2D eigenvalue weighted by Gasteiger charge is -2.28. The van der Waals surface area contributed by atoms with Gasteiger partial charge < -0.3 is 5.32 Å². The maximum Gasteiger partial charge on any atom is 0.223 e. The summed E-state index contributed by atoms with van der Waals surface area (Å²) in [4.78, 5) is 11.7. The maximum atomic E-state index is 11.7. The average Bonchev–Trinajstić information content (AvgIpc) is 1.99. The van der Waals surface area contributed by atoms with Gasteiger partial charge in [-0.1, -0.05) is 20.3 Å². The van der Waals surface area contributed by atoms with Gasteiger partial charge in [-0.2, -0.15) is 0 Å². The van der Waals surface area contributed by atoms with Crippen molar-refractivity contribution in [3.63, 3.8) is 0 Å². The molecule has 82 valence electrons. The lowest BCUT2D eigenvalue weighted by Crippen LogP contribution is -2.43. The first-order valence-corrected chi connectivity index (χ1v) is 6.05. The zero-order chi connectivity index (χ0) is 10.6. The third-order valence-electron chi connectivity index (χ3n) is 3.03. The average molecular weight is 218 g/mol. The number of alkyl halides is 1. The molecule has 2 nitrogen and oxygen atoms in total. The summed E-state index contributed by atoms with van der Waals surface area (Å²) in [5.41, 5.74) is 0. The van der Waals surface area contributed by atoms with Gasteiger partial charge in [-0.05, 0) is 25.2 Å². The van der Waals surface area contributed by atoms with Crippen LogP contribution in [-0.2, 0) is 4.79 Å². The first-order valence-electron chi connectivity index (χ1n) is 5.51. The smallest absolute Gasteiger partial charge is 0.223 e. The van der Waals surface area contributed by atoms with Crippen molar-refractivity contribution >= 4 is 17.5 Å². The molecule has 1 fully saturated rings. The second-order valence-corrected chi connectivity index (χ2v) is 4.84. The fraction of sp³-hybridized carbons (Fsp3) is 0.909. The number of rotatable bonds is 5. The van der Waals surface area contributed by atoms with Crippen LogP contribution in [-0.4, -0.2) is 17.8 Å². The van der Waals surface area contributed by atoms with Gasteiger partial charge >= 0.3 is 0 Å². The minimum Gasteiger partial charge on any atom is -0.353 e. The van der Waals surface area contributed by atoms with E-state index in [-0.39, 0.29) is 17.9 Å². The van der Waals surface area contributed by atoms with Crippen molar-refractivity contribution in [1.82, 2.24) is 5.32 Å². The van der Waals surface area contributed by atoms with Crippen molar-refractivity contribution in [3.05, 3.63) is 0 Å². The molecule has 1 aliphatic rings. The normalized spacial score (nSPS) is 19.1. The standard InChI is InChI=1S/C11H20ClNO/c1-8(2)10(6-7-12)13-11(14)9-4-3-5-9/h8-10H,3-7H2,1-2H3,(H,13,14). The number of carbonyl (C=O) groups excluding carboxylic acids is 1. The van der Waals surface area contributed by atoms with Crippen molar-refractivity contribution in [1.29, 1.82) is 0 Å². The van der Waals surface area contributed by atoms with Gasteiger partial charge in [0.05, 0.1) is 0 Å². The van der Waals surface area contributed by atoms with Gasteiger partial charge in [0.25, 0.3) is 0 Å². The van der Waals surface area contributed by atoms with Gasteiger partial charge in [-0.3, -0.25) is 4.79 Å². The molecule has 1 N–H and O–H groups in total. The Morgan fingerprint density at radius 3 is 2.50 bits per heavy atom. The second-order valence-electron chi connectivity index (χ2n) is 4.46. The molecule has 0 bridgehead atoms. The molecule has 1 rings (SSSR count). The highest BCUT2D eigenvalue weighted by Crippen LogP contribution is 2.26. The summed E-state index contributed by atoms with van der Waals surface area (Å²) in [7, 11) is 0. The van der Waals surface area contributed by atoms with Gasteiger partial charge in [0, 0.05) is 17.8 Å². The SMILES string of the molecule is CC(C)C(CCCl)NC(=O)C1CCC1. The highest BCUT2D eigenvalue weighted by molar-refractivity contribution is 6.17. The number of nitrogens with one attached hydrogen (secondary N) is 1. The molecule has 3 heteroatoms. The highest BCUT2D eigenvalue weighted by Gasteiger charge is 2.27. The summed E-state index contributed by atoms with van der Waals surface area (Å²) in [5.74, 6) is 1.61. The first kappa shape index (κ1) is 11.8. The quantitative estimate of drug-likeness (QED) is 0.705. The van der Waals surface area contributed by atoms with Crippen LogP contribution in [0.5, 0.6) is 0 Å². The van der Waals surface area contributed by atoms with E-state index in [9.17, 15) is 4.79 Å². The Balaban J connectivity index is 2.33. The summed E-state index contributed by atoms with van der Waals surface area (Å²) < 4.78 is 0. The van der Waals surface area contributed by atoms with Gasteiger partial charge in [-0.15, -0.1) is 11.6 Å². The first-order chi connectivity index (χ1) is 6.65. The zero-order valence-electron chi connectivity index (χ0n) is 9.05. The van der Waals surface area contributed by atoms with Crippen molar-refractivity contribution in [2.24, 2.45) is 11.8 Å². The van der Waals surface area contributed by atoms with Crippen molar-refractivity contribution in [2.75, 3.05) is 5.88 Å². The van der Waals surface area contributed by atoms with Crippen molar-refractivity contribution in [3.8, 4) is 0 Å². The molecule has 0 aliphatic heterocycles. The molecule has 1 amide bonds. The molecule has 1 atom stereocenters. The molecule has 0 spiro atoms. The van der Waals surface area contributed by atoms with E-state index in [1.54, 1.807) is 0 Å². The molecular formula is C11H20ClNO. The summed E-state index contributed by atoms with van der Waals surface area (Å²) in [6.45, 7) is 4.25. The van der Waals surface area contributed by atoms with Crippen LogP contribution in [0.1, 0.15) is 39.5 Å². The fourth-order valence-corrected chi connectivity index (χ4v) is 1.90. The summed E-state index contributed by atoms with van der Waals surface area (Å²) in [6, 6.07) is 0.251. The van der Waals surface area contributed by atoms with E-state index in [4.69, 9.17) is 11.6 Å². The van der Waals surface area contributed by atoms with Gasteiger partial charge in [0.2, 0.25) is 5.91 Å². The largest absolute Gasteiger partial charge is 0.353 e. The summed E-state index contributed by atoms with van der Waals surface area (Å²) in [6.07, 6.45) is 4.21. The number of carbonyl (C=O) groups is 1. The van der Waals surface area contributed by atoms with Crippen LogP contribution in [0, 0.1) is 11.8 Å². The molecule has 0 aromatic rings. The third kappa shape index (κ3) is 3.16. The zero-order valence-corrected chi connectivity index (χ0v) is 9.81. The predicted molar refractivity (Wildman–Crippen MR) is 59.4 cm³/mol. The van der Waals surface area contributed by atoms with E-state index in [0.717, 1.165) is 19.3 Å². The maximum absolute atomic E-state index is 11.7. The van der Waals surface area contributed by atoms with Crippen LogP contribution in [0.2, 0.25) is 0 Å². The third-order valence-corrected chi connectivity index (χ3v) is 3.25. The van der Waals surface area contributed by atoms with Crippen LogP contribution in [0.25, 0.3) is 0 Å². The molecule has 0 aromatic carbocycles. The highest BCUT2D eigenvalue weighted by atomic mass is 35.5. The van der Waals surface area contributed by atoms with Gasteiger partial charge in [-0.25, -0.2) is 0 Å². The molecule has 0 radical (unpaired) electrons. The molecule has 1 unspecified atom stereocenters. The lowest BCUT2D eigenvalue weighted by molar-refractivity contribution is -0.128. The van der Waals surface area contributed by atoms with Crippen molar-refractivity contribution < 1.29 is 4.79 Å². The molecular weight excluding hydrogens is 198 g/mol. The van der Waals surface area contributed by atoms with E-state index < -0.39 is 0 Å².